The highest BCUT2D eigenvalue weighted by atomic mass is 16.5. The van der Waals surface area contributed by atoms with Crippen LogP contribution in [0.2, 0.25) is 0 Å². The Labute approximate surface area is 85.3 Å². The zero-order valence-corrected chi connectivity index (χ0v) is 8.62. The van der Waals surface area contributed by atoms with Crippen LogP contribution in [0.3, 0.4) is 0 Å². The first kappa shape index (κ1) is 9.69. The first-order valence-corrected chi connectivity index (χ1v) is 5.23. The Morgan fingerprint density at radius 3 is 3.00 bits per heavy atom. The fraction of sp³-hybridized carbons (Fsp3) is 0.500. The van der Waals surface area contributed by atoms with E-state index in [-0.39, 0.29) is 0 Å². The molecule has 14 heavy (non-hydrogen) atoms. The molecule has 0 saturated carbocycles. The second-order valence-electron chi connectivity index (χ2n) is 3.85. The van der Waals surface area contributed by atoms with E-state index in [1.54, 1.807) is 0 Å². The second-order valence-corrected chi connectivity index (χ2v) is 3.85. The minimum Gasteiger partial charge on any atom is -0.372 e. The molecule has 2 rings (SSSR count). The van der Waals surface area contributed by atoms with Gasteiger partial charge in [0.1, 0.15) is 0 Å². The molecular weight excluding hydrogens is 174 g/mol. The fourth-order valence-corrected chi connectivity index (χ4v) is 1.75. The molecule has 0 aromatic heterocycles. The monoisotopic (exact) mass is 191 g/mol. The van der Waals surface area contributed by atoms with E-state index < -0.39 is 0 Å². The van der Waals surface area contributed by atoms with Crippen LogP contribution in [0.1, 0.15) is 17.5 Å². The summed E-state index contributed by atoms with van der Waals surface area (Å²) >= 11 is 0. The van der Waals surface area contributed by atoms with Crippen LogP contribution in [0.4, 0.5) is 0 Å². The molecule has 0 bridgehead atoms. The Bertz CT molecular complexity index is 292. The van der Waals surface area contributed by atoms with Crippen LogP contribution in [0.25, 0.3) is 0 Å². The quantitative estimate of drug-likeness (QED) is 0.787. The third-order valence-corrected chi connectivity index (χ3v) is 2.75. The number of aryl methyl sites for hydroxylation is 1. The van der Waals surface area contributed by atoms with Gasteiger partial charge in [-0.3, -0.25) is 0 Å². The standard InChI is InChI=1S/C12H17NO/c1-10-4-2-3-5-11(10)9-14-12-6-7-13-8-12/h2-5,12-13H,6-9H2,1H3/t12-/m0/s1. The third-order valence-electron chi connectivity index (χ3n) is 2.75. The number of nitrogens with one attached hydrogen (secondary N) is 1. The van der Waals surface area contributed by atoms with Crippen molar-refractivity contribution in [1.82, 2.24) is 5.32 Å². The van der Waals surface area contributed by atoms with Crippen LogP contribution >= 0.6 is 0 Å². The molecule has 1 aromatic rings. The van der Waals surface area contributed by atoms with Crippen molar-refractivity contribution in [2.45, 2.75) is 26.1 Å². The molecular formula is C12H17NO. The molecule has 1 atom stereocenters. The molecule has 0 spiro atoms. The Hall–Kier alpha value is -0.860. The topological polar surface area (TPSA) is 21.3 Å². The van der Waals surface area contributed by atoms with Crippen LogP contribution in [-0.2, 0) is 11.3 Å². The third kappa shape index (κ3) is 2.34. The SMILES string of the molecule is Cc1ccccc1CO[C@H]1CCNC1. The van der Waals surface area contributed by atoms with E-state index in [0.717, 1.165) is 26.1 Å². The van der Waals surface area contributed by atoms with E-state index in [0.29, 0.717) is 6.10 Å². The maximum atomic E-state index is 5.81. The van der Waals surface area contributed by atoms with E-state index in [9.17, 15) is 0 Å². The first-order valence-electron chi connectivity index (χ1n) is 5.23. The van der Waals surface area contributed by atoms with E-state index in [4.69, 9.17) is 4.74 Å². The van der Waals surface area contributed by atoms with Gasteiger partial charge in [-0.1, -0.05) is 24.3 Å². The van der Waals surface area contributed by atoms with Crippen molar-refractivity contribution < 1.29 is 4.74 Å². The smallest absolute Gasteiger partial charge is 0.0723 e. The fourth-order valence-electron chi connectivity index (χ4n) is 1.75. The van der Waals surface area contributed by atoms with Gasteiger partial charge in [0.2, 0.25) is 0 Å². The van der Waals surface area contributed by atoms with Crippen molar-refractivity contribution in [2.24, 2.45) is 0 Å². The van der Waals surface area contributed by atoms with Gasteiger partial charge in [-0.05, 0) is 31.0 Å². The van der Waals surface area contributed by atoms with Crippen molar-refractivity contribution in [3.05, 3.63) is 35.4 Å². The van der Waals surface area contributed by atoms with Gasteiger partial charge < -0.3 is 10.1 Å². The van der Waals surface area contributed by atoms with E-state index >= 15 is 0 Å². The van der Waals surface area contributed by atoms with Gasteiger partial charge >= 0.3 is 0 Å². The average molecular weight is 191 g/mol. The van der Waals surface area contributed by atoms with Crippen molar-refractivity contribution in [2.75, 3.05) is 13.1 Å². The molecule has 0 aliphatic carbocycles. The van der Waals surface area contributed by atoms with Gasteiger partial charge in [0.25, 0.3) is 0 Å². The van der Waals surface area contributed by atoms with Crippen LogP contribution < -0.4 is 5.32 Å². The van der Waals surface area contributed by atoms with Gasteiger partial charge in [0.15, 0.2) is 0 Å². The summed E-state index contributed by atoms with van der Waals surface area (Å²) in [6.07, 6.45) is 1.56. The van der Waals surface area contributed by atoms with Gasteiger partial charge in [0, 0.05) is 6.54 Å². The highest BCUT2D eigenvalue weighted by molar-refractivity contribution is 5.24. The lowest BCUT2D eigenvalue weighted by Crippen LogP contribution is -2.16. The minimum absolute atomic E-state index is 0.412. The predicted molar refractivity (Wildman–Crippen MR) is 57.2 cm³/mol. The second kappa shape index (κ2) is 4.58. The van der Waals surface area contributed by atoms with Crippen LogP contribution in [0, 0.1) is 6.92 Å². The molecule has 1 aromatic carbocycles. The van der Waals surface area contributed by atoms with Crippen LogP contribution in [-0.4, -0.2) is 19.2 Å². The molecule has 1 N–H and O–H groups in total. The molecule has 1 aliphatic heterocycles. The summed E-state index contributed by atoms with van der Waals surface area (Å²) in [5.74, 6) is 0. The minimum atomic E-state index is 0.412. The molecule has 1 fully saturated rings. The lowest BCUT2D eigenvalue weighted by molar-refractivity contribution is 0.0539. The maximum Gasteiger partial charge on any atom is 0.0723 e. The number of benzene rings is 1. The number of hydrogen-bond acceptors (Lipinski definition) is 2. The average Bonchev–Trinajstić information content (AvgIpc) is 2.69. The first-order chi connectivity index (χ1) is 6.86. The van der Waals surface area contributed by atoms with Crippen molar-refractivity contribution >= 4 is 0 Å². The Balaban J connectivity index is 1.88. The Morgan fingerprint density at radius 1 is 1.43 bits per heavy atom. The van der Waals surface area contributed by atoms with E-state index in [2.05, 4.69) is 36.5 Å². The highest BCUT2D eigenvalue weighted by Crippen LogP contribution is 2.11. The summed E-state index contributed by atoms with van der Waals surface area (Å²) in [6, 6.07) is 8.40. The van der Waals surface area contributed by atoms with Crippen LogP contribution in [0.15, 0.2) is 24.3 Å². The van der Waals surface area contributed by atoms with Gasteiger partial charge in [-0.2, -0.15) is 0 Å². The molecule has 0 radical (unpaired) electrons. The zero-order valence-electron chi connectivity index (χ0n) is 8.62. The molecule has 0 unspecified atom stereocenters. The van der Waals surface area contributed by atoms with E-state index in [1.165, 1.54) is 11.1 Å². The summed E-state index contributed by atoms with van der Waals surface area (Å²) in [6.45, 7) is 4.98. The Kier molecular flexibility index (Phi) is 3.17. The predicted octanol–water partition coefficient (Wildman–Crippen LogP) is 1.87. The summed E-state index contributed by atoms with van der Waals surface area (Å²) in [7, 11) is 0. The zero-order chi connectivity index (χ0) is 9.80. The maximum absolute atomic E-state index is 5.81. The molecule has 1 aliphatic rings. The van der Waals surface area contributed by atoms with Crippen molar-refractivity contribution in [3.8, 4) is 0 Å². The largest absolute Gasteiger partial charge is 0.372 e. The van der Waals surface area contributed by atoms with E-state index in [1.807, 2.05) is 0 Å². The van der Waals surface area contributed by atoms with Crippen molar-refractivity contribution in [1.29, 1.82) is 0 Å². The molecule has 1 saturated heterocycles. The molecule has 1 heterocycles. The van der Waals surface area contributed by atoms with Gasteiger partial charge in [0.05, 0.1) is 12.7 Å². The number of rotatable bonds is 3. The molecule has 2 nitrogen and oxygen atoms in total. The normalized spacial score (nSPS) is 21.4. The highest BCUT2D eigenvalue weighted by Gasteiger charge is 2.14. The van der Waals surface area contributed by atoms with Gasteiger partial charge in [-0.25, -0.2) is 0 Å². The summed E-state index contributed by atoms with van der Waals surface area (Å²) < 4.78 is 5.81. The lowest BCUT2D eigenvalue weighted by Gasteiger charge is -2.11. The van der Waals surface area contributed by atoms with Crippen molar-refractivity contribution in [3.63, 3.8) is 0 Å². The Morgan fingerprint density at radius 2 is 2.29 bits per heavy atom. The molecule has 76 valence electrons. The van der Waals surface area contributed by atoms with Gasteiger partial charge in [-0.15, -0.1) is 0 Å². The summed E-state index contributed by atoms with van der Waals surface area (Å²) in [4.78, 5) is 0. The lowest BCUT2D eigenvalue weighted by atomic mass is 10.1. The summed E-state index contributed by atoms with van der Waals surface area (Å²) in [5.41, 5.74) is 2.62. The molecule has 0 amide bonds. The van der Waals surface area contributed by atoms with Crippen LogP contribution in [0.5, 0.6) is 0 Å². The number of ether oxygens (including phenoxy) is 1. The summed E-state index contributed by atoms with van der Waals surface area (Å²) in [5, 5.41) is 3.30. The molecule has 2 heteroatoms. The number of hydrogen-bond donors (Lipinski definition) is 1.